The Morgan fingerprint density at radius 3 is 2.87 bits per heavy atom. The molecule has 1 aromatic carbocycles. The highest BCUT2D eigenvalue weighted by atomic mass is 16.2. The van der Waals surface area contributed by atoms with E-state index in [0.717, 1.165) is 30.3 Å². The molecule has 2 heterocycles. The Balaban J connectivity index is 1.75. The zero-order chi connectivity index (χ0) is 16.0. The van der Waals surface area contributed by atoms with Crippen LogP contribution in [0, 0.1) is 0 Å². The van der Waals surface area contributed by atoms with Gasteiger partial charge in [-0.2, -0.15) is 0 Å². The summed E-state index contributed by atoms with van der Waals surface area (Å²) in [5.74, 6) is 0.256. The molecule has 3 N–H and O–H groups in total. The van der Waals surface area contributed by atoms with Gasteiger partial charge in [0.2, 0.25) is 0 Å². The van der Waals surface area contributed by atoms with E-state index in [4.69, 9.17) is 0 Å². The molecule has 120 valence electrons. The van der Waals surface area contributed by atoms with Crippen LogP contribution in [-0.4, -0.2) is 40.6 Å². The fraction of sp³-hybridized carbons (Fsp3) is 0.438. The van der Waals surface area contributed by atoms with Gasteiger partial charge in [0.1, 0.15) is 0 Å². The molecular weight excluding hydrogens is 294 g/mol. The molecule has 3 amide bonds. The summed E-state index contributed by atoms with van der Waals surface area (Å²) in [5, 5.41) is 8.60. The largest absolute Gasteiger partial charge is 0.352 e. The van der Waals surface area contributed by atoms with Crippen molar-refractivity contribution >= 4 is 23.0 Å². The van der Waals surface area contributed by atoms with Gasteiger partial charge >= 0.3 is 6.03 Å². The number of hydrogen-bond donors (Lipinski definition) is 3. The molecule has 0 bridgehead atoms. The third kappa shape index (κ3) is 2.23. The summed E-state index contributed by atoms with van der Waals surface area (Å²) >= 11 is 0. The second-order valence-electron chi connectivity index (χ2n) is 6.17. The van der Waals surface area contributed by atoms with Gasteiger partial charge in [-0.1, -0.05) is 12.1 Å². The fourth-order valence-electron chi connectivity index (χ4n) is 3.78. The van der Waals surface area contributed by atoms with Crippen LogP contribution in [-0.2, 0) is 0 Å². The monoisotopic (exact) mass is 313 g/mol. The molecule has 0 radical (unpaired) electrons. The van der Waals surface area contributed by atoms with Crippen molar-refractivity contribution in [2.45, 2.75) is 37.4 Å². The maximum absolute atomic E-state index is 12.2. The summed E-state index contributed by atoms with van der Waals surface area (Å²) in [7, 11) is 1.62. The Bertz CT molecular complexity index is 784. The lowest BCUT2D eigenvalue weighted by Crippen LogP contribution is -2.40. The van der Waals surface area contributed by atoms with Crippen molar-refractivity contribution in [3.63, 3.8) is 0 Å². The lowest BCUT2D eigenvalue weighted by molar-refractivity contribution is 0.0944. The first kappa shape index (κ1) is 14.0. The van der Waals surface area contributed by atoms with Crippen LogP contribution < -0.4 is 16.0 Å². The van der Waals surface area contributed by atoms with E-state index >= 15 is 0 Å². The van der Waals surface area contributed by atoms with Gasteiger partial charge in [0, 0.05) is 13.1 Å². The molecule has 7 heteroatoms. The molecule has 2 aromatic rings. The topological polar surface area (TPSA) is 88.1 Å². The van der Waals surface area contributed by atoms with Crippen molar-refractivity contribution in [1.82, 2.24) is 25.5 Å². The van der Waals surface area contributed by atoms with Gasteiger partial charge in [0.25, 0.3) is 5.91 Å². The predicted octanol–water partition coefficient (Wildman–Crippen LogP) is 1.17. The summed E-state index contributed by atoms with van der Waals surface area (Å²) in [6.07, 6.45) is 2.61. The number of fused-ring (bicyclic) bond motifs is 2. The number of nitrogens with one attached hydrogen (secondary N) is 3. The molecule has 3 unspecified atom stereocenters. The summed E-state index contributed by atoms with van der Waals surface area (Å²) in [4.78, 5) is 28.3. The van der Waals surface area contributed by atoms with Gasteiger partial charge in [-0.05, 0) is 31.4 Å². The average Bonchev–Trinajstić information content (AvgIpc) is 3.12. The van der Waals surface area contributed by atoms with E-state index in [9.17, 15) is 9.59 Å². The molecule has 23 heavy (non-hydrogen) atoms. The van der Waals surface area contributed by atoms with E-state index in [0.29, 0.717) is 5.82 Å². The van der Waals surface area contributed by atoms with Crippen LogP contribution in [0.2, 0.25) is 0 Å². The number of carbonyl (C=O) groups excluding carboxylic acids is 2. The molecule has 1 aliphatic heterocycles. The minimum absolute atomic E-state index is 0.0948. The third-order valence-corrected chi connectivity index (χ3v) is 4.85. The van der Waals surface area contributed by atoms with Crippen molar-refractivity contribution in [2.24, 2.45) is 0 Å². The molecule has 2 aliphatic rings. The first-order valence-corrected chi connectivity index (χ1v) is 7.93. The van der Waals surface area contributed by atoms with Crippen LogP contribution in [0.4, 0.5) is 4.79 Å². The van der Waals surface area contributed by atoms with Gasteiger partial charge in [-0.3, -0.25) is 4.79 Å². The van der Waals surface area contributed by atoms with E-state index in [1.165, 1.54) is 0 Å². The van der Waals surface area contributed by atoms with Crippen LogP contribution in [0.5, 0.6) is 0 Å². The first-order valence-electron chi connectivity index (χ1n) is 7.93. The zero-order valence-electron chi connectivity index (χ0n) is 12.9. The molecular formula is C16H19N5O2. The highest BCUT2D eigenvalue weighted by molar-refractivity contribution is 5.94. The molecule has 1 saturated heterocycles. The van der Waals surface area contributed by atoms with Crippen molar-refractivity contribution in [3.05, 3.63) is 30.1 Å². The first-order chi connectivity index (χ1) is 11.2. The number of urea groups is 1. The normalized spacial score (nSPS) is 26.5. The minimum atomic E-state index is -0.183. The van der Waals surface area contributed by atoms with E-state index in [1.54, 1.807) is 7.05 Å². The number of carbonyl (C=O) groups is 2. The number of nitrogens with zero attached hydrogens (tertiary/aromatic N) is 2. The molecule has 1 aromatic heterocycles. The molecule has 7 nitrogen and oxygen atoms in total. The standard InChI is InChI=1S/C16H19N5O2/c1-17-15(22)14-18-11-4-2-3-5-13(11)21(14)9-6-7-10-12(8-9)20-16(23)19-10/h2-5,9-10,12H,6-8H2,1H3,(H,17,22)(H2,19,20,23). The second kappa shape index (κ2) is 5.26. The number of para-hydroxylation sites is 2. The second-order valence-corrected chi connectivity index (χ2v) is 6.17. The molecule has 1 saturated carbocycles. The van der Waals surface area contributed by atoms with Gasteiger partial charge in [0.15, 0.2) is 5.82 Å². The van der Waals surface area contributed by atoms with Crippen LogP contribution in [0.1, 0.15) is 35.9 Å². The summed E-state index contributed by atoms with van der Waals surface area (Å²) in [6, 6.07) is 8.15. The maximum atomic E-state index is 12.2. The van der Waals surface area contributed by atoms with E-state index < -0.39 is 0 Å². The van der Waals surface area contributed by atoms with Crippen molar-refractivity contribution in [1.29, 1.82) is 0 Å². The minimum Gasteiger partial charge on any atom is -0.352 e. The number of imidazole rings is 1. The Morgan fingerprint density at radius 1 is 1.26 bits per heavy atom. The van der Waals surface area contributed by atoms with Gasteiger partial charge < -0.3 is 20.5 Å². The lowest BCUT2D eigenvalue weighted by atomic mass is 9.87. The smallest absolute Gasteiger partial charge is 0.315 e. The number of rotatable bonds is 2. The highest BCUT2D eigenvalue weighted by Gasteiger charge is 2.39. The van der Waals surface area contributed by atoms with E-state index in [-0.39, 0.29) is 30.1 Å². The van der Waals surface area contributed by atoms with Crippen molar-refractivity contribution in [2.75, 3.05) is 7.05 Å². The Labute approximate surface area is 133 Å². The van der Waals surface area contributed by atoms with Crippen LogP contribution in [0.3, 0.4) is 0 Å². The van der Waals surface area contributed by atoms with Crippen LogP contribution >= 0.6 is 0 Å². The number of hydrogen-bond acceptors (Lipinski definition) is 3. The van der Waals surface area contributed by atoms with E-state index in [1.807, 2.05) is 28.8 Å². The fourth-order valence-corrected chi connectivity index (χ4v) is 3.78. The Morgan fingerprint density at radius 2 is 2.04 bits per heavy atom. The van der Waals surface area contributed by atoms with E-state index in [2.05, 4.69) is 20.9 Å². The zero-order valence-corrected chi connectivity index (χ0v) is 12.9. The van der Waals surface area contributed by atoms with Gasteiger partial charge in [-0.25, -0.2) is 9.78 Å². The van der Waals surface area contributed by atoms with Crippen molar-refractivity contribution < 1.29 is 9.59 Å². The van der Waals surface area contributed by atoms with Crippen LogP contribution in [0.25, 0.3) is 11.0 Å². The number of benzene rings is 1. The van der Waals surface area contributed by atoms with Gasteiger partial charge in [0.05, 0.1) is 23.1 Å². The summed E-state index contributed by atoms with van der Waals surface area (Å²) in [5.41, 5.74) is 1.79. The lowest BCUT2D eigenvalue weighted by Gasteiger charge is -2.32. The predicted molar refractivity (Wildman–Crippen MR) is 85.3 cm³/mol. The number of aromatic nitrogens is 2. The Kier molecular flexibility index (Phi) is 3.21. The molecule has 0 spiro atoms. The molecule has 4 rings (SSSR count). The van der Waals surface area contributed by atoms with Crippen molar-refractivity contribution in [3.8, 4) is 0 Å². The molecule has 3 atom stereocenters. The summed E-state index contributed by atoms with van der Waals surface area (Å²) < 4.78 is 2.04. The highest BCUT2D eigenvalue weighted by Crippen LogP contribution is 2.34. The van der Waals surface area contributed by atoms with Gasteiger partial charge in [-0.15, -0.1) is 0 Å². The molecule has 1 aliphatic carbocycles. The quantitative estimate of drug-likeness (QED) is 0.777. The number of amides is 3. The Hall–Kier alpha value is -2.57. The SMILES string of the molecule is CNC(=O)c1nc2ccccc2n1C1CCC2NC(=O)NC2C1. The maximum Gasteiger partial charge on any atom is 0.315 e. The average molecular weight is 313 g/mol. The molecule has 2 fully saturated rings. The third-order valence-electron chi connectivity index (χ3n) is 4.85. The van der Waals surface area contributed by atoms with Crippen LogP contribution in [0.15, 0.2) is 24.3 Å². The summed E-state index contributed by atoms with van der Waals surface area (Å²) in [6.45, 7) is 0.